The molecule has 0 atom stereocenters. The third-order valence-corrected chi connectivity index (χ3v) is 5.84. The molecule has 0 aliphatic heterocycles. The van der Waals surface area contributed by atoms with Crippen molar-refractivity contribution in [1.82, 2.24) is 0 Å². The van der Waals surface area contributed by atoms with Gasteiger partial charge in [-0.2, -0.15) is 0 Å². The number of hydrogen-bond acceptors (Lipinski definition) is 4. The zero-order valence-electron chi connectivity index (χ0n) is 18.8. The first-order valence-corrected chi connectivity index (χ1v) is 10.6. The molecule has 0 heterocycles. The number of carboxylic acid groups (broad SMARTS) is 2. The van der Waals surface area contributed by atoms with Crippen molar-refractivity contribution in [1.29, 1.82) is 0 Å². The van der Waals surface area contributed by atoms with Crippen molar-refractivity contribution in [3.63, 3.8) is 0 Å². The minimum Gasteiger partial charge on any atom is -0.447 e. The summed E-state index contributed by atoms with van der Waals surface area (Å²) in [5.74, 6) is 2.00. The van der Waals surface area contributed by atoms with Crippen molar-refractivity contribution in [3.05, 3.63) is 0 Å². The molecule has 2 aliphatic carbocycles. The summed E-state index contributed by atoms with van der Waals surface area (Å²) >= 11 is 0. The summed E-state index contributed by atoms with van der Waals surface area (Å²) in [5, 5.41) is 15.1. The van der Waals surface area contributed by atoms with E-state index in [1.807, 2.05) is 0 Å². The minimum absolute atomic E-state index is 0.570. The predicted molar refractivity (Wildman–Crippen MR) is 110 cm³/mol. The zero-order chi connectivity index (χ0) is 21.8. The lowest BCUT2D eigenvalue weighted by atomic mass is 9.72. The topological polar surface area (TPSA) is 93.1 Å². The second-order valence-electron chi connectivity index (χ2n) is 10.1. The maximum absolute atomic E-state index is 9.29. The zero-order valence-corrected chi connectivity index (χ0v) is 18.8. The Kier molecular flexibility index (Phi) is 12.2. The first-order chi connectivity index (χ1) is 12.8. The standard InChI is InChI=1S/2C10H20.C2H2O6/c2*1-10(2,3)9-7-5-4-6-8-9;3-1(4)7-8-2(5)6/h2*9H,4-8H2,1-3H3;(H,3,4)(H,5,6). The highest BCUT2D eigenvalue weighted by atomic mass is 17.2. The van der Waals surface area contributed by atoms with E-state index in [-0.39, 0.29) is 0 Å². The van der Waals surface area contributed by atoms with Crippen LogP contribution in [-0.4, -0.2) is 22.5 Å². The highest BCUT2D eigenvalue weighted by Gasteiger charge is 2.26. The Morgan fingerprint density at radius 3 is 1.00 bits per heavy atom. The molecule has 2 rings (SSSR count). The van der Waals surface area contributed by atoms with Crippen LogP contribution in [-0.2, 0) is 9.78 Å². The van der Waals surface area contributed by atoms with Gasteiger partial charge < -0.3 is 10.2 Å². The number of rotatable bonds is 0. The van der Waals surface area contributed by atoms with E-state index in [1.54, 1.807) is 0 Å². The highest BCUT2D eigenvalue weighted by molar-refractivity contribution is 5.60. The summed E-state index contributed by atoms with van der Waals surface area (Å²) in [6.45, 7) is 14.3. The van der Waals surface area contributed by atoms with E-state index in [0.717, 1.165) is 11.8 Å². The van der Waals surface area contributed by atoms with Crippen LogP contribution in [0.1, 0.15) is 106 Å². The molecule has 2 fully saturated rings. The third-order valence-electron chi connectivity index (χ3n) is 5.84. The molecule has 0 radical (unpaired) electrons. The number of hydrogen-bond donors (Lipinski definition) is 2. The lowest BCUT2D eigenvalue weighted by Crippen LogP contribution is -2.22. The van der Waals surface area contributed by atoms with Gasteiger partial charge in [0.25, 0.3) is 0 Å². The van der Waals surface area contributed by atoms with Crippen LogP contribution in [0.25, 0.3) is 0 Å². The fourth-order valence-corrected chi connectivity index (χ4v) is 4.01. The molecular formula is C22H42O6. The van der Waals surface area contributed by atoms with E-state index < -0.39 is 12.3 Å². The van der Waals surface area contributed by atoms with Crippen LogP contribution in [0, 0.1) is 22.7 Å². The van der Waals surface area contributed by atoms with E-state index >= 15 is 0 Å². The van der Waals surface area contributed by atoms with Gasteiger partial charge in [0.15, 0.2) is 0 Å². The van der Waals surface area contributed by atoms with Gasteiger partial charge in [-0.3, -0.25) is 0 Å². The average molecular weight is 403 g/mol. The summed E-state index contributed by atoms with van der Waals surface area (Å²) in [6.07, 6.45) is 11.2. The fraction of sp³-hybridized carbons (Fsp3) is 0.909. The molecule has 0 unspecified atom stereocenters. The van der Waals surface area contributed by atoms with Gasteiger partial charge in [-0.15, -0.1) is 0 Å². The summed E-state index contributed by atoms with van der Waals surface area (Å²) < 4.78 is 0. The second kappa shape index (κ2) is 12.9. The third kappa shape index (κ3) is 13.7. The van der Waals surface area contributed by atoms with Crippen molar-refractivity contribution in [2.75, 3.05) is 0 Å². The van der Waals surface area contributed by atoms with E-state index in [1.165, 1.54) is 64.2 Å². The smallest absolute Gasteiger partial charge is 0.447 e. The Labute approximate surface area is 170 Å². The molecule has 6 heteroatoms. The Balaban J connectivity index is 0.000000394. The monoisotopic (exact) mass is 402 g/mol. The molecule has 0 amide bonds. The summed E-state index contributed by atoms with van der Waals surface area (Å²) in [7, 11) is 0. The van der Waals surface area contributed by atoms with E-state index in [9.17, 15) is 9.59 Å². The molecule has 0 aromatic carbocycles. The maximum Gasteiger partial charge on any atom is 0.547 e. The van der Waals surface area contributed by atoms with Crippen molar-refractivity contribution >= 4 is 12.3 Å². The largest absolute Gasteiger partial charge is 0.547 e. The lowest BCUT2D eigenvalue weighted by molar-refractivity contribution is -0.208. The van der Waals surface area contributed by atoms with Gasteiger partial charge in [0.2, 0.25) is 0 Å². The van der Waals surface area contributed by atoms with Gasteiger partial charge in [0, 0.05) is 0 Å². The molecule has 2 saturated carbocycles. The summed E-state index contributed by atoms with van der Waals surface area (Å²) in [5.41, 5.74) is 1.14. The van der Waals surface area contributed by atoms with Crippen molar-refractivity contribution in [2.45, 2.75) is 106 Å². The van der Waals surface area contributed by atoms with E-state index in [2.05, 4.69) is 51.3 Å². The molecule has 166 valence electrons. The Bertz CT molecular complexity index is 393. The first kappa shape index (κ1) is 26.5. The second-order valence-corrected chi connectivity index (χ2v) is 10.1. The molecule has 0 spiro atoms. The molecule has 0 aromatic heterocycles. The van der Waals surface area contributed by atoms with Gasteiger partial charge in [-0.05, 0) is 48.3 Å². The first-order valence-electron chi connectivity index (χ1n) is 10.6. The maximum atomic E-state index is 9.29. The summed E-state index contributed by atoms with van der Waals surface area (Å²) in [4.78, 5) is 24.8. The number of carbonyl (C=O) groups is 2. The molecule has 0 aromatic rings. The van der Waals surface area contributed by atoms with Crippen molar-refractivity contribution in [3.8, 4) is 0 Å². The van der Waals surface area contributed by atoms with Crippen LogP contribution in [0.15, 0.2) is 0 Å². The summed E-state index contributed by atoms with van der Waals surface area (Å²) in [6, 6.07) is 0. The van der Waals surface area contributed by atoms with Crippen LogP contribution in [0.4, 0.5) is 9.59 Å². The van der Waals surface area contributed by atoms with Gasteiger partial charge in [0.05, 0.1) is 0 Å². The Morgan fingerprint density at radius 2 is 0.857 bits per heavy atom. The van der Waals surface area contributed by atoms with E-state index in [4.69, 9.17) is 10.2 Å². The highest BCUT2D eigenvalue weighted by Crippen LogP contribution is 2.38. The molecule has 2 N–H and O–H groups in total. The van der Waals surface area contributed by atoms with Gasteiger partial charge in [-0.25, -0.2) is 19.4 Å². The van der Waals surface area contributed by atoms with Crippen molar-refractivity contribution in [2.24, 2.45) is 22.7 Å². The van der Waals surface area contributed by atoms with Gasteiger partial charge in [-0.1, -0.05) is 80.1 Å². The van der Waals surface area contributed by atoms with Gasteiger partial charge >= 0.3 is 12.3 Å². The Morgan fingerprint density at radius 1 is 0.607 bits per heavy atom. The van der Waals surface area contributed by atoms with E-state index in [0.29, 0.717) is 10.8 Å². The average Bonchev–Trinajstić information content (AvgIpc) is 2.61. The molecule has 28 heavy (non-hydrogen) atoms. The lowest BCUT2D eigenvalue weighted by Gasteiger charge is -2.33. The van der Waals surface area contributed by atoms with Crippen LogP contribution < -0.4 is 0 Å². The van der Waals surface area contributed by atoms with Crippen LogP contribution >= 0.6 is 0 Å². The quantitative estimate of drug-likeness (QED) is 0.321. The van der Waals surface area contributed by atoms with Crippen LogP contribution in [0.2, 0.25) is 0 Å². The fourth-order valence-electron chi connectivity index (χ4n) is 4.01. The molecule has 0 bridgehead atoms. The molecule has 2 aliphatic rings. The minimum atomic E-state index is -1.80. The van der Waals surface area contributed by atoms with Crippen molar-refractivity contribution < 1.29 is 29.6 Å². The predicted octanol–water partition coefficient (Wildman–Crippen LogP) is 7.52. The normalized spacial score (nSPS) is 18.6. The van der Waals surface area contributed by atoms with Gasteiger partial charge in [0.1, 0.15) is 0 Å². The Hall–Kier alpha value is -1.46. The SMILES string of the molecule is CC(C)(C)C1CCCCC1.CC(C)(C)C1CCCCC1.O=C(O)OOC(=O)O. The van der Waals surface area contributed by atoms with Crippen LogP contribution in [0.5, 0.6) is 0 Å². The molecule has 0 saturated heterocycles. The molecular weight excluding hydrogens is 360 g/mol. The molecule has 6 nitrogen and oxygen atoms in total. The van der Waals surface area contributed by atoms with Crippen LogP contribution in [0.3, 0.4) is 0 Å².